The van der Waals surface area contributed by atoms with E-state index in [0.29, 0.717) is 33.5 Å². The number of rotatable bonds is 10. The number of thioether (sulfide) groups is 1. The highest BCUT2D eigenvalue weighted by Gasteiger charge is 2.32. The molecule has 1 aliphatic carbocycles. The smallest absolute Gasteiger partial charge is 0.341 e. The number of fused-ring (bicyclic) bond motifs is 1. The normalized spacial score (nSPS) is 15.0. The van der Waals surface area contributed by atoms with E-state index in [1.165, 1.54) is 40.0 Å². The van der Waals surface area contributed by atoms with Gasteiger partial charge in [0.05, 0.1) is 22.3 Å². The number of hydrogen-bond donors (Lipinski definition) is 2. The van der Waals surface area contributed by atoms with Crippen molar-refractivity contribution in [1.82, 2.24) is 0 Å². The largest absolute Gasteiger partial charge is 0.462 e. The molecule has 41 heavy (non-hydrogen) atoms. The Hall–Kier alpha value is -3.40. The fourth-order valence-electron chi connectivity index (χ4n) is 5.03. The van der Waals surface area contributed by atoms with Gasteiger partial charge in [-0.2, -0.15) is 0 Å². The Morgan fingerprint density at radius 3 is 2.59 bits per heavy atom. The fourth-order valence-corrected chi connectivity index (χ4v) is 7.98. The second kappa shape index (κ2) is 13.5. The summed E-state index contributed by atoms with van der Waals surface area (Å²) in [5, 5.41) is 8.07. The molecule has 5 rings (SSSR count). The Morgan fingerprint density at radius 1 is 1.02 bits per heavy atom. The van der Waals surface area contributed by atoms with Crippen molar-refractivity contribution in [3.8, 4) is 0 Å². The minimum atomic E-state index is -0.385. The molecule has 212 valence electrons. The van der Waals surface area contributed by atoms with E-state index >= 15 is 0 Å². The second-order valence-corrected chi connectivity index (χ2v) is 13.1. The lowest BCUT2D eigenvalue weighted by Gasteiger charge is -2.23. The molecule has 2 unspecified atom stereocenters. The molecule has 2 atom stereocenters. The molecule has 2 heterocycles. The van der Waals surface area contributed by atoms with Crippen LogP contribution in [0.5, 0.6) is 0 Å². The van der Waals surface area contributed by atoms with Crippen LogP contribution in [0.1, 0.15) is 68.6 Å². The van der Waals surface area contributed by atoms with Crippen LogP contribution in [0.4, 0.5) is 10.7 Å². The summed E-state index contributed by atoms with van der Waals surface area (Å²) in [5.41, 5.74) is 3.48. The molecule has 0 aliphatic heterocycles. The Balaban J connectivity index is 1.32. The van der Waals surface area contributed by atoms with Crippen LogP contribution in [0, 0.1) is 0 Å². The summed E-state index contributed by atoms with van der Waals surface area (Å²) < 4.78 is 5.42. The van der Waals surface area contributed by atoms with Crippen molar-refractivity contribution in [2.75, 3.05) is 17.2 Å². The molecule has 2 N–H and O–H groups in total. The van der Waals surface area contributed by atoms with Gasteiger partial charge in [0.25, 0.3) is 5.91 Å². The Labute approximate surface area is 252 Å². The minimum absolute atomic E-state index is 0.158. The highest BCUT2D eigenvalue weighted by Crippen LogP contribution is 2.43. The zero-order chi connectivity index (χ0) is 28.8. The molecule has 2 aromatic carbocycles. The average molecular weight is 605 g/mol. The molecule has 0 fully saturated rings. The lowest BCUT2D eigenvalue weighted by molar-refractivity contribution is -0.115. The molecule has 0 saturated carbocycles. The van der Waals surface area contributed by atoms with Crippen molar-refractivity contribution in [3.63, 3.8) is 0 Å². The van der Waals surface area contributed by atoms with Gasteiger partial charge in [-0.3, -0.25) is 9.59 Å². The number of anilines is 2. The van der Waals surface area contributed by atoms with Gasteiger partial charge < -0.3 is 15.4 Å². The summed E-state index contributed by atoms with van der Waals surface area (Å²) in [4.78, 5) is 41.8. The van der Waals surface area contributed by atoms with Crippen LogP contribution < -0.4 is 10.6 Å². The third-order valence-electron chi connectivity index (χ3n) is 7.03. The lowest BCUT2D eigenvalue weighted by atomic mass is 9.83. The van der Waals surface area contributed by atoms with Gasteiger partial charge in [-0.25, -0.2) is 4.79 Å². The van der Waals surface area contributed by atoms with Crippen LogP contribution in [0.2, 0.25) is 0 Å². The molecule has 2 aromatic heterocycles. The van der Waals surface area contributed by atoms with Gasteiger partial charge in [0.2, 0.25) is 5.91 Å². The third kappa shape index (κ3) is 6.92. The molecule has 0 radical (unpaired) electrons. The van der Waals surface area contributed by atoms with Crippen LogP contribution in [0.25, 0.3) is 0 Å². The number of hydrogen-bond acceptors (Lipinski definition) is 7. The molecule has 0 saturated heterocycles. The first-order chi connectivity index (χ1) is 20.0. The van der Waals surface area contributed by atoms with E-state index in [2.05, 4.69) is 34.9 Å². The van der Waals surface area contributed by atoms with E-state index in [1.807, 2.05) is 48.7 Å². The van der Waals surface area contributed by atoms with Gasteiger partial charge in [-0.05, 0) is 79.3 Å². The molecule has 6 nitrogen and oxygen atoms in total. The number of benzene rings is 2. The first-order valence-electron chi connectivity index (χ1n) is 13.8. The maximum atomic E-state index is 13.6. The summed E-state index contributed by atoms with van der Waals surface area (Å²) in [6, 6.07) is 21.6. The fraction of sp³-hybridized carbons (Fsp3) is 0.281. The van der Waals surface area contributed by atoms with E-state index in [-0.39, 0.29) is 29.6 Å². The van der Waals surface area contributed by atoms with Gasteiger partial charge >= 0.3 is 5.97 Å². The first kappa shape index (κ1) is 29.1. The van der Waals surface area contributed by atoms with E-state index in [9.17, 15) is 14.4 Å². The SMILES string of the molecule is CCOC(=O)c1c(NC(=O)C(CC)Sc2cccc(NC(=O)c3cccs3)c2)sc2c1CCC(c1ccccc1)C2. The monoisotopic (exact) mass is 604 g/mol. The van der Waals surface area contributed by atoms with Crippen LogP contribution in [-0.2, 0) is 22.4 Å². The average Bonchev–Trinajstić information content (AvgIpc) is 3.65. The van der Waals surface area contributed by atoms with Crippen molar-refractivity contribution in [2.24, 2.45) is 0 Å². The zero-order valence-corrected chi connectivity index (χ0v) is 25.4. The number of nitrogens with one attached hydrogen (secondary N) is 2. The van der Waals surface area contributed by atoms with Crippen molar-refractivity contribution in [1.29, 1.82) is 0 Å². The summed E-state index contributed by atoms with van der Waals surface area (Å²) in [6.45, 7) is 4.03. The molecule has 0 bridgehead atoms. The Bertz CT molecular complexity index is 1520. The van der Waals surface area contributed by atoms with E-state index in [4.69, 9.17) is 4.74 Å². The number of amides is 2. The standard InChI is InChI=1S/C32H32N2O4S3/c1-3-25(40-23-13-8-12-22(19-23)33-30(36)26-14-9-17-39-26)29(35)34-31-28(32(37)38-4-2)24-16-15-21(18-27(24)41-31)20-10-6-5-7-11-20/h5-14,17,19,21,25H,3-4,15-16,18H2,1-2H3,(H,33,36)(H,34,35). The Kier molecular flexibility index (Phi) is 9.59. The lowest BCUT2D eigenvalue weighted by Crippen LogP contribution is -2.25. The first-order valence-corrected chi connectivity index (χ1v) is 16.3. The summed E-state index contributed by atoms with van der Waals surface area (Å²) >= 11 is 4.32. The highest BCUT2D eigenvalue weighted by atomic mass is 32.2. The maximum Gasteiger partial charge on any atom is 0.341 e. The van der Waals surface area contributed by atoms with Crippen molar-refractivity contribution in [2.45, 2.75) is 55.6 Å². The van der Waals surface area contributed by atoms with Crippen LogP contribution >= 0.6 is 34.4 Å². The van der Waals surface area contributed by atoms with Crippen LogP contribution in [-0.4, -0.2) is 29.6 Å². The summed E-state index contributed by atoms with van der Waals surface area (Å²) in [7, 11) is 0. The van der Waals surface area contributed by atoms with E-state index in [0.717, 1.165) is 34.6 Å². The number of carbonyl (C=O) groups is 3. The maximum absolute atomic E-state index is 13.6. The molecule has 0 spiro atoms. The van der Waals surface area contributed by atoms with Gasteiger partial charge in [-0.15, -0.1) is 34.4 Å². The summed E-state index contributed by atoms with van der Waals surface area (Å²) in [6.07, 6.45) is 3.14. The molecule has 1 aliphatic rings. The van der Waals surface area contributed by atoms with Crippen LogP contribution in [0.15, 0.2) is 77.0 Å². The number of ether oxygens (including phenoxy) is 1. The molecular formula is C32H32N2O4S3. The quantitative estimate of drug-likeness (QED) is 0.141. The number of esters is 1. The van der Waals surface area contributed by atoms with Gasteiger partial charge in [0.15, 0.2) is 0 Å². The highest BCUT2D eigenvalue weighted by molar-refractivity contribution is 8.00. The number of carbonyl (C=O) groups excluding carboxylic acids is 3. The van der Waals surface area contributed by atoms with Crippen molar-refractivity contribution >= 4 is 62.9 Å². The molecule has 2 amide bonds. The van der Waals surface area contributed by atoms with Crippen LogP contribution in [0.3, 0.4) is 0 Å². The summed E-state index contributed by atoms with van der Waals surface area (Å²) in [5.74, 6) is -0.315. The van der Waals surface area contributed by atoms with Crippen molar-refractivity contribution in [3.05, 3.63) is 98.6 Å². The Morgan fingerprint density at radius 2 is 1.85 bits per heavy atom. The minimum Gasteiger partial charge on any atom is -0.462 e. The van der Waals surface area contributed by atoms with Crippen molar-refractivity contribution < 1.29 is 19.1 Å². The molecule has 4 aromatic rings. The third-order valence-corrected chi connectivity index (χ3v) is 10.4. The van der Waals surface area contributed by atoms with Gasteiger partial charge in [-0.1, -0.05) is 49.4 Å². The van der Waals surface area contributed by atoms with E-state index in [1.54, 1.807) is 13.0 Å². The zero-order valence-electron chi connectivity index (χ0n) is 23.0. The second-order valence-electron chi connectivity index (χ2n) is 9.74. The topological polar surface area (TPSA) is 84.5 Å². The van der Waals surface area contributed by atoms with Gasteiger partial charge in [0, 0.05) is 15.5 Å². The number of thiophene rings is 2. The molecular weight excluding hydrogens is 573 g/mol. The predicted octanol–water partition coefficient (Wildman–Crippen LogP) is 8.02. The molecule has 9 heteroatoms. The van der Waals surface area contributed by atoms with Gasteiger partial charge in [0.1, 0.15) is 5.00 Å². The van der Waals surface area contributed by atoms with E-state index < -0.39 is 0 Å². The predicted molar refractivity (Wildman–Crippen MR) is 169 cm³/mol.